The van der Waals surface area contributed by atoms with E-state index in [-0.39, 0.29) is 16.8 Å². The molecule has 0 radical (unpaired) electrons. The Morgan fingerprint density at radius 1 is 0.792 bits per heavy atom. The predicted molar refractivity (Wildman–Crippen MR) is 94.7 cm³/mol. The summed E-state index contributed by atoms with van der Waals surface area (Å²) in [6.45, 7) is 11.5. The van der Waals surface area contributed by atoms with Crippen LogP contribution in [0.5, 0.6) is 0 Å². The maximum Gasteiger partial charge on any atom is 0.281 e. The van der Waals surface area contributed by atoms with Crippen LogP contribution in [0.25, 0.3) is 10.8 Å². The summed E-state index contributed by atoms with van der Waals surface area (Å²) in [5.74, 6) is 0. The molecule has 24 heavy (non-hydrogen) atoms. The number of nitrogens with zero attached hydrogens (tertiary/aromatic N) is 2. The van der Waals surface area contributed by atoms with Gasteiger partial charge in [-0.3, -0.25) is 20.2 Å². The van der Waals surface area contributed by atoms with Gasteiger partial charge in [0.2, 0.25) is 0 Å². The van der Waals surface area contributed by atoms with E-state index in [1.165, 1.54) is 6.07 Å². The number of nitro benzene ring substituents is 2. The van der Waals surface area contributed by atoms with Gasteiger partial charge in [0.15, 0.2) is 0 Å². The third-order valence-corrected chi connectivity index (χ3v) is 4.14. The molecule has 0 unspecified atom stereocenters. The summed E-state index contributed by atoms with van der Waals surface area (Å²) in [6, 6.07) is 6.48. The average Bonchev–Trinajstić information content (AvgIpc) is 2.42. The van der Waals surface area contributed by atoms with Crippen molar-refractivity contribution in [3.63, 3.8) is 0 Å². The lowest BCUT2D eigenvalue weighted by atomic mass is 9.81. The highest BCUT2D eigenvalue weighted by Gasteiger charge is 2.31. The fourth-order valence-electron chi connectivity index (χ4n) is 2.79. The van der Waals surface area contributed by atoms with Gasteiger partial charge in [0.1, 0.15) is 0 Å². The van der Waals surface area contributed by atoms with Crippen molar-refractivity contribution in [1.29, 1.82) is 0 Å². The van der Waals surface area contributed by atoms with E-state index < -0.39 is 15.3 Å². The summed E-state index contributed by atoms with van der Waals surface area (Å²) < 4.78 is 0. The number of fused-ring (bicyclic) bond motifs is 1. The molecule has 128 valence electrons. The molecule has 6 nitrogen and oxygen atoms in total. The summed E-state index contributed by atoms with van der Waals surface area (Å²) in [5.41, 5.74) is 0.333. The Morgan fingerprint density at radius 3 is 1.79 bits per heavy atom. The fraction of sp³-hybridized carbons (Fsp3) is 0.444. The summed E-state index contributed by atoms with van der Waals surface area (Å²) >= 11 is 0. The molecule has 0 aromatic heterocycles. The van der Waals surface area contributed by atoms with Crippen molar-refractivity contribution < 1.29 is 9.85 Å². The van der Waals surface area contributed by atoms with Crippen molar-refractivity contribution in [2.24, 2.45) is 0 Å². The third kappa shape index (κ3) is 3.09. The van der Waals surface area contributed by atoms with Crippen LogP contribution in [-0.4, -0.2) is 9.85 Å². The fourth-order valence-corrected chi connectivity index (χ4v) is 2.79. The number of rotatable bonds is 2. The first-order valence-corrected chi connectivity index (χ1v) is 7.74. The summed E-state index contributed by atoms with van der Waals surface area (Å²) in [5, 5.41) is 23.9. The zero-order valence-electron chi connectivity index (χ0n) is 14.8. The van der Waals surface area contributed by atoms with Crippen LogP contribution in [0.1, 0.15) is 52.7 Å². The molecule has 0 aliphatic rings. The first-order chi connectivity index (χ1) is 10.8. The molecule has 0 fully saturated rings. The second kappa shape index (κ2) is 5.54. The van der Waals surface area contributed by atoms with Gasteiger partial charge in [-0.05, 0) is 28.5 Å². The lowest BCUT2D eigenvalue weighted by Crippen LogP contribution is -2.15. The van der Waals surface area contributed by atoms with Crippen molar-refractivity contribution in [2.75, 3.05) is 0 Å². The Bertz CT molecular complexity index is 843. The molecule has 0 aliphatic heterocycles. The molecule has 0 saturated heterocycles. The molecule has 0 heterocycles. The van der Waals surface area contributed by atoms with E-state index in [9.17, 15) is 20.2 Å². The molecule has 0 spiro atoms. The second-order valence-electron chi connectivity index (χ2n) is 8.07. The van der Waals surface area contributed by atoms with Gasteiger partial charge in [-0.1, -0.05) is 47.6 Å². The van der Waals surface area contributed by atoms with Crippen molar-refractivity contribution in [3.05, 3.63) is 55.6 Å². The molecule has 0 amide bonds. The monoisotopic (exact) mass is 330 g/mol. The quantitative estimate of drug-likeness (QED) is 0.555. The third-order valence-electron chi connectivity index (χ3n) is 4.14. The van der Waals surface area contributed by atoms with Crippen LogP contribution in [0.15, 0.2) is 24.3 Å². The second-order valence-corrected chi connectivity index (χ2v) is 8.07. The van der Waals surface area contributed by atoms with Gasteiger partial charge in [-0.15, -0.1) is 0 Å². The van der Waals surface area contributed by atoms with E-state index in [2.05, 4.69) is 0 Å². The SMILES string of the molecule is CC(C)(C)c1cc([N+](=O)[O-])c2ccc(C(C)(C)C)c([N+](=O)[O-])c2c1. The zero-order valence-corrected chi connectivity index (χ0v) is 14.8. The highest BCUT2D eigenvalue weighted by molar-refractivity contribution is 5.99. The normalized spacial score (nSPS) is 12.4. The lowest BCUT2D eigenvalue weighted by molar-refractivity contribution is -0.385. The largest absolute Gasteiger partial charge is 0.281 e. The topological polar surface area (TPSA) is 86.3 Å². The maximum atomic E-state index is 11.8. The summed E-state index contributed by atoms with van der Waals surface area (Å²) in [7, 11) is 0. The number of benzene rings is 2. The van der Waals surface area contributed by atoms with Crippen molar-refractivity contribution in [1.82, 2.24) is 0 Å². The molecule has 6 heteroatoms. The molecule has 0 saturated carbocycles. The number of hydrogen-bond donors (Lipinski definition) is 0. The highest BCUT2D eigenvalue weighted by atomic mass is 16.6. The minimum atomic E-state index is -0.474. The molecular weight excluding hydrogens is 308 g/mol. The average molecular weight is 330 g/mol. The molecule has 0 aliphatic carbocycles. The number of nitro groups is 2. The molecular formula is C18H22N2O4. The summed E-state index contributed by atoms with van der Waals surface area (Å²) in [4.78, 5) is 22.3. The van der Waals surface area contributed by atoms with Crippen LogP contribution >= 0.6 is 0 Å². The van der Waals surface area contributed by atoms with E-state index in [0.717, 1.165) is 0 Å². The first-order valence-electron chi connectivity index (χ1n) is 7.74. The van der Waals surface area contributed by atoms with Crippen LogP contribution < -0.4 is 0 Å². The molecule has 2 rings (SSSR count). The maximum absolute atomic E-state index is 11.8. The van der Waals surface area contributed by atoms with Crippen LogP contribution in [0, 0.1) is 20.2 Å². The van der Waals surface area contributed by atoms with Gasteiger partial charge in [0.25, 0.3) is 11.4 Å². The van der Waals surface area contributed by atoms with Crippen LogP contribution in [-0.2, 0) is 10.8 Å². The molecule has 0 N–H and O–H groups in total. The molecule has 2 aromatic rings. The van der Waals surface area contributed by atoms with Crippen LogP contribution in [0.3, 0.4) is 0 Å². The Labute approximate surface area is 140 Å². The van der Waals surface area contributed by atoms with Crippen molar-refractivity contribution >= 4 is 22.1 Å². The Balaban J connectivity index is 3.06. The van der Waals surface area contributed by atoms with Gasteiger partial charge in [0.05, 0.1) is 20.6 Å². The standard InChI is InChI=1S/C18H22N2O4/c1-17(2,3)11-9-13-12(15(10-11)19(21)22)7-8-14(18(4,5)6)16(13)20(23)24/h7-10H,1-6H3. The number of non-ortho nitro benzene ring substituents is 1. The van der Waals surface area contributed by atoms with Gasteiger partial charge >= 0.3 is 0 Å². The van der Waals surface area contributed by atoms with E-state index in [1.54, 1.807) is 18.2 Å². The molecule has 0 bridgehead atoms. The van der Waals surface area contributed by atoms with Crippen molar-refractivity contribution in [3.8, 4) is 0 Å². The Kier molecular flexibility index (Phi) is 4.12. The highest BCUT2D eigenvalue weighted by Crippen LogP contribution is 2.42. The van der Waals surface area contributed by atoms with E-state index in [1.807, 2.05) is 41.5 Å². The smallest absolute Gasteiger partial charge is 0.258 e. The lowest BCUT2D eigenvalue weighted by Gasteiger charge is -2.22. The predicted octanol–water partition coefficient (Wildman–Crippen LogP) is 5.25. The minimum Gasteiger partial charge on any atom is -0.258 e. The Morgan fingerprint density at radius 2 is 1.38 bits per heavy atom. The van der Waals surface area contributed by atoms with Gasteiger partial charge < -0.3 is 0 Å². The van der Waals surface area contributed by atoms with E-state index >= 15 is 0 Å². The molecule has 0 atom stereocenters. The van der Waals surface area contributed by atoms with E-state index in [0.29, 0.717) is 21.9 Å². The van der Waals surface area contributed by atoms with Gasteiger partial charge in [-0.2, -0.15) is 0 Å². The van der Waals surface area contributed by atoms with Crippen molar-refractivity contribution in [2.45, 2.75) is 52.4 Å². The van der Waals surface area contributed by atoms with Crippen LogP contribution in [0.4, 0.5) is 11.4 Å². The first kappa shape index (κ1) is 17.8. The zero-order chi connectivity index (χ0) is 18.4. The van der Waals surface area contributed by atoms with Crippen LogP contribution in [0.2, 0.25) is 0 Å². The van der Waals surface area contributed by atoms with Gasteiger partial charge in [0, 0.05) is 11.6 Å². The molecule has 2 aromatic carbocycles. The van der Waals surface area contributed by atoms with Gasteiger partial charge in [-0.25, -0.2) is 0 Å². The Hall–Kier alpha value is -2.50. The van der Waals surface area contributed by atoms with E-state index in [4.69, 9.17) is 0 Å². The summed E-state index contributed by atoms with van der Waals surface area (Å²) in [6.07, 6.45) is 0. The number of hydrogen-bond acceptors (Lipinski definition) is 4. The minimum absolute atomic E-state index is 0.0470.